The van der Waals surface area contributed by atoms with Crippen LogP contribution in [0.4, 0.5) is 0 Å². The molecule has 0 atom stereocenters. The van der Waals surface area contributed by atoms with Crippen molar-refractivity contribution in [2.75, 3.05) is 0 Å². The summed E-state index contributed by atoms with van der Waals surface area (Å²) in [7, 11) is 1.80. The van der Waals surface area contributed by atoms with Gasteiger partial charge in [0.15, 0.2) is 0 Å². The van der Waals surface area contributed by atoms with E-state index in [4.69, 9.17) is 16.3 Å². The summed E-state index contributed by atoms with van der Waals surface area (Å²) in [6, 6.07) is 3.87. The molecule has 0 aliphatic carbocycles. The van der Waals surface area contributed by atoms with Crippen LogP contribution in [0, 0.1) is 13.8 Å². The Morgan fingerprint density at radius 2 is 2.00 bits per heavy atom. The van der Waals surface area contributed by atoms with Crippen LogP contribution in [0.15, 0.2) is 12.1 Å². The van der Waals surface area contributed by atoms with Gasteiger partial charge in [0.1, 0.15) is 5.75 Å². The van der Waals surface area contributed by atoms with E-state index in [9.17, 15) is 5.11 Å². The lowest BCUT2D eigenvalue weighted by molar-refractivity contribution is 0.274. The monoisotopic (exact) mass is 308 g/mol. The van der Waals surface area contributed by atoms with Crippen LogP contribution in [0.1, 0.15) is 42.1 Å². The molecule has 114 valence electrons. The van der Waals surface area contributed by atoms with Gasteiger partial charge in [-0.3, -0.25) is 0 Å². The molecule has 0 saturated heterocycles. The van der Waals surface area contributed by atoms with Gasteiger partial charge < -0.3 is 9.84 Å². The van der Waals surface area contributed by atoms with Crippen molar-refractivity contribution < 1.29 is 9.84 Å². The van der Waals surface area contributed by atoms with E-state index in [0.29, 0.717) is 17.4 Å². The first-order valence-electron chi connectivity index (χ1n) is 6.96. The predicted octanol–water partition coefficient (Wildman–Crippen LogP) is 4.10. The van der Waals surface area contributed by atoms with Gasteiger partial charge in [-0.05, 0) is 43.0 Å². The second-order valence-electron chi connectivity index (χ2n) is 5.55. The van der Waals surface area contributed by atoms with Crippen molar-refractivity contribution in [3.8, 4) is 11.6 Å². The Bertz CT molecular complexity index is 663. The maximum atomic E-state index is 9.49. The fourth-order valence-electron chi connectivity index (χ4n) is 2.32. The topological polar surface area (TPSA) is 47.3 Å². The number of aromatic nitrogens is 2. The summed E-state index contributed by atoms with van der Waals surface area (Å²) < 4.78 is 7.65. The molecule has 0 saturated carbocycles. The molecule has 0 aliphatic rings. The third kappa shape index (κ3) is 3.06. The highest BCUT2D eigenvalue weighted by Crippen LogP contribution is 2.35. The minimum atomic E-state index is -0.0985. The number of aliphatic hydroxyl groups excluding tert-OH is 1. The van der Waals surface area contributed by atoms with E-state index in [-0.39, 0.29) is 6.61 Å². The summed E-state index contributed by atoms with van der Waals surface area (Å²) in [6.07, 6.45) is 0. The largest absolute Gasteiger partial charge is 0.439 e. The number of halogens is 1. The van der Waals surface area contributed by atoms with Crippen LogP contribution in [0.5, 0.6) is 11.6 Å². The molecular formula is C16H21ClN2O2. The number of rotatable bonds is 4. The molecule has 1 aromatic carbocycles. The normalized spacial score (nSPS) is 11.2. The Kier molecular flexibility index (Phi) is 4.59. The lowest BCUT2D eigenvalue weighted by Gasteiger charge is -2.15. The second kappa shape index (κ2) is 6.08. The maximum absolute atomic E-state index is 9.49. The SMILES string of the molecule is Cc1cc(Cl)c(C(C)C)cc1Oc1c(CO)c(C)nn1C. The molecule has 1 aromatic heterocycles. The van der Waals surface area contributed by atoms with E-state index >= 15 is 0 Å². The van der Waals surface area contributed by atoms with E-state index in [0.717, 1.165) is 27.6 Å². The van der Waals surface area contributed by atoms with Gasteiger partial charge in [-0.15, -0.1) is 0 Å². The number of hydrogen-bond donors (Lipinski definition) is 1. The number of aliphatic hydroxyl groups is 1. The average Bonchev–Trinajstić information content (AvgIpc) is 2.66. The quantitative estimate of drug-likeness (QED) is 0.925. The van der Waals surface area contributed by atoms with Crippen molar-refractivity contribution in [3.05, 3.63) is 39.5 Å². The fraction of sp³-hybridized carbons (Fsp3) is 0.438. The molecule has 0 radical (unpaired) electrons. The molecule has 2 rings (SSSR count). The van der Waals surface area contributed by atoms with Crippen LogP contribution in [0.2, 0.25) is 5.02 Å². The number of ether oxygens (including phenoxy) is 1. The van der Waals surface area contributed by atoms with Gasteiger partial charge in [0.05, 0.1) is 17.9 Å². The Labute approximate surface area is 130 Å². The predicted molar refractivity (Wildman–Crippen MR) is 84.2 cm³/mol. The van der Waals surface area contributed by atoms with Gasteiger partial charge in [0.25, 0.3) is 0 Å². The van der Waals surface area contributed by atoms with Gasteiger partial charge in [-0.2, -0.15) is 5.10 Å². The lowest BCUT2D eigenvalue weighted by atomic mass is 10.0. The van der Waals surface area contributed by atoms with Crippen molar-refractivity contribution in [1.82, 2.24) is 9.78 Å². The highest BCUT2D eigenvalue weighted by Gasteiger charge is 2.17. The highest BCUT2D eigenvalue weighted by atomic mass is 35.5. The first kappa shape index (κ1) is 15.9. The Morgan fingerprint density at radius 1 is 1.33 bits per heavy atom. The highest BCUT2D eigenvalue weighted by molar-refractivity contribution is 6.31. The summed E-state index contributed by atoms with van der Waals surface area (Å²) in [4.78, 5) is 0. The van der Waals surface area contributed by atoms with Crippen LogP contribution < -0.4 is 4.74 Å². The standard InChI is InChI=1S/C16H21ClN2O2/c1-9(2)12-7-15(10(3)6-14(12)17)21-16-13(8-20)11(4)18-19(16)5/h6-7,9,20H,8H2,1-5H3. The van der Waals surface area contributed by atoms with Crippen LogP contribution in [-0.2, 0) is 13.7 Å². The summed E-state index contributed by atoms with van der Waals surface area (Å²) in [5.74, 6) is 1.61. The van der Waals surface area contributed by atoms with Crippen molar-refractivity contribution in [1.29, 1.82) is 0 Å². The first-order chi connectivity index (χ1) is 9.85. The van der Waals surface area contributed by atoms with Crippen molar-refractivity contribution in [2.45, 2.75) is 40.2 Å². The molecule has 2 aromatic rings. The number of hydrogen-bond acceptors (Lipinski definition) is 3. The molecule has 0 unspecified atom stereocenters. The zero-order valence-electron chi connectivity index (χ0n) is 13.1. The van der Waals surface area contributed by atoms with E-state index < -0.39 is 0 Å². The smallest absolute Gasteiger partial charge is 0.223 e. The molecular weight excluding hydrogens is 288 g/mol. The molecule has 0 amide bonds. The molecule has 0 bridgehead atoms. The number of aryl methyl sites for hydroxylation is 3. The number of nitrogens with zero attached hydrogens (tertiary/aromatic N) is 2. The minimum Gasteiger partial charge on any atom is -0.439 e. The Balaban J connectivity index is 2.47. The molecule has 1 N–H and O–H groups in total. The summed E-state index contributed by atoms with van der Waals surface area (Å²) >= 11 is 6.28. The van der Waals surface area contributed by atoms with E-state index in [1.54, 1.807) is 11.7 Å². The van der Waals surface area contributed by atoms with E-state index in [1.807, 2.05) is 26.0 Å². The Morgan fingerprint density at radius 3 is 2.57 bits per heavy atom. The molecule has 0 fully saturated rings. The van der Waals surface area contributed by atoms with Gasteiger partial charge >= 0.3 is 0 Å². The summed E-state index contributed by atoms with van der Waals surface area (Å²) in [6.45, 7) is 7.89. The van der Waals surface area contributed by atoms with Crippen molar-refractivity contribution in [2.24, 2.45) is 7.05 Å². The van der Waals surface area contributed by atoms with Crippen molar-refractivity contribution in [3.63, 3.8) is 0 Å². The molecule has 4 nitrogen and oxygen atoms in total. The zero-order valence-corrected chi connectivity index (χ0v) is 13.8. The second-order valence-corrected chi connectivity index (χ2v) is 5.95. The summed E-state index contributed by atoms with van der Waals surface area (Å²) in [5, 5.41) is 14.5. The number of benzene rings is 1. The minimum absolute atomic E-state index is 0.0985. The molecule has 1 heterocycles. The van der Waals surface area contributed by atoms with Crippen molar-refractivity contribution >= 4 is 11.6 Å². The van der Waals surface area contributed by atoms with Crippen LogP contribution in [0.25, 0.3) is 0 Å². The van der Waals surface area contributed by atoms with Gasteiger partial charge in [-0.25, -0.2) is 4.68 Å². The van der Waals surface area contributed by atoms with Crippen LogP contribution in [-0.4, -0.2) is 14.9 Å². The van der Waals surface area contributed by atoms with Gasteiger partial charge in [-0.1, -0.05) is 25.4 Å². The third-order valence-corrected chi connectivity index (χ3v) is 3.90. The Hall–Kier alpha value is -1.52. The lowest BCUT2D eigenvalue weighted by Crippen LogP contribution is -2.00. The maximum Gasteiger partial charge on any atom is 0.223 e. The molecule has 0 spiro atoms. The summed E-state index contributed by atoms with van der Waals surface area (Å²) in [5.41, 5.74) is 3.47. The third-order valence-electron chi connectivity index (χ3n) is 3.57. The van der Waals surface area contributed by atoms with Gasteiger partial charge in [0, 0.05) is 12.1 Å². The molecule has 5 heteroatoms. The molecule has 21 heavy (non-hydrogen) atoms. The first-order valence-corrected chi connectivity index (χ1v) is 7.34. The molecule has 0 aliphatic heterocycles. The van der Waals surface area contributed by atoms with E-state index in [2.05, 4.69) is 18.9 Å². The average molecular weight is 309 g/mol. The van der Waals surface area contributed by atoms with Crippen LogP contribution in [0.3, 0.4) is 0 Å². The fourth-order valence-corrected chi connectivity index (χ4v) is 2.75. The zero-order chi connectivity index (χ0) is 15.7. The van der Waals surface area contributed by atoms with E-state index in [1.165, 1.54) is 0 Å². The van der Waals surface area contributed by atoms with Gasteiger partial charge in [0.2, 0.25) is 5.88 Å². The van der Waals surface area contributed by atoms with Crippen LogP contribution >= 0.6 is 11.6 Å².